The molecule has 3 atom stereocenters. The van der Waals surface area contributed by atoms with Gasteiger partial charge in [0.2, 0.25) is 0 Å². The smallest absolute Gasteiger partial charge is 0.0964 e. The molecule has 0 spiro atoms. The fraction of sp³-hybridized carbons (Fsp3) is 1.00. The molecule has 0 aromatic heterocycles. The largest absolute Gasteiger partial charge is 0.390 e. The van der Waals surface area contributed by atoms with E-state index in [0.29, 0.717) is 12.5 Å². The standard InChI is InChI=1S/C17H32O3/c1-5-17(15(18)10-13-8-6-7-9-13)11-14(12-19-17)20-16(2,3)4/h13-15,18H,5-12H2,1-4H3. The van der Waals surface area contributed by atoms with Crippen molar-refractivity contribution in [2.24, 2.45) is 5.92 Å². The van der Waals surface area contributed by atoms with E-state index in [1.165, 1.54) is 25.7 Å². The van der Waals surface area contributed by atoms with Crippen molar-refractivity contribution >= 4 is 0 Å². The van der Waals surface area contributed by atoms with Crippen molar-refractivity contribution in [2.75, 3.05) is 6.61 Å². The van der Waals surface area contributed by atoms with Crippen LogP contribution in [0.4, 0.5) is 0 Å². The van der Waals surface area contributed by atoms with E-state index in [1.54, 1.807) is 0 Å². The Kier molecular flexibility index (Phi) is 5.14. The van der Waals surface area contributed by atoms with Crippen molar-refractivity contribution in [1.29, 1.82) is 0 Å². The highest BCUT2D eigenvalue weighted by molar-refractivity contribution is 4.96. The average molecular weight is 284 g/mol. The predicted molar refractivity (Wildman–Crippen MR) is 80.8 cm³/mol. The molecule has 0 radical (unpaired) electrons. The Hall–Kier alpha value is -0.120. The Morgan fingerprint density at radius 2 is 1.95 bits per heavy atom. The third-order valence-electron chi connectivity index (χ3n) is 4.89. The second kappa shape index (κ2) is 6.33. The average Bonchev–Trinajstić information content (AvgIpc) is 2.97. The zero-order valence-electron chi connectivity index (χ0n) is 13.7. The van der Waals surface area contributed by atoms with E-state index in [9.17, 15) is 5.11 Å². The van der Waals surface area contributed by atoms with Gasteiger partial charge in [0, 0.05) is 6.42 Å². The summed E-state index contributed by atoms with van der Waals surface area (Å²) in [7, 11) is 0. The minimum absolute atomic E-state index is 0.119. The molecule has 0 aromatic carbocycles. The second-order valence-corrected chi connectivity index (χ2v) is 7.69. The van der Waals surface area contributed by atoms with Crippen LogP contribution in [0, 0.1) is 5.92 Å². The van der Waals surface area contributed by atoms with E-state index in [-0.39, 0.29) is 23.4 Å². The number of hydrogen-bond donors (Lipinski definition) is 1. The number of ether oxygens (including phenoxy) is 2. The maximum Gasteiger partial charge on any atom is 0.0964 e. The zero-order valence-corrected chi connectivity index (χ0v) is 13.7. The lowest BCUT2D eigenvalue weighted by molar-refractivity contribution is -0.101. The molecule has 1 aliphatic carbocycles. The monoisotopic (exact) mass is 284 g/mol. The number of rotatable bonds is 5. The first kappa shape index (κ1) is 16.3. The van der Waals surface area contributed by atoms with Crippen LogP contribution in [0.2, 0.25) is 0 Å². The lowest BCUT2D eigenvalue weighted by Gasteiger charge is -2.34. The Bertz CT molecular complexity index is 304. The van der Waals surface area contributed by atoms with Gasteiger partial charge in [-0.3, -0.25) is 0 Å². The maximum atomic E-state index is 10.7. The van der Waals surface area contributed by atoms with Crippen LogP contribution in [0.1, 0.15) is 72.6 Å². The fourth-order valence-electron chi connectivity index (χ4n) is 3.83. The molecular formula is C17H32O3. The van der Waals surface area contributed by atoms with Gasteiger partial charge in [0.1, 0.15) is 0 Å². The zero-order chi connectivity index (χ0) is 14.8. The third-order valence-corrected chi connectivity index (χ3v) is 4.89. The van der Waals surface area contributed by atoms with Crippen LogP contribution in [0.15, 0.2) is 0 Å². The van der Waals surface area contributed by atoms with E-state index < -0.39 is 0 Å². The molecule has 2 aliphatic rings. The summed E-state index contributed by atoms with van der Waals surface area (Å²) >= 11 is 0. The highest BCUT2D eigenvalue weighted by atomic mass is 16.6. The molecule has 0 aromatic rings. The van der Waals surface area contributed by atoms with Gasteiger partial charge in [-0.05, 0) is 39.5 Å². The van der Waals surface area contributed by atoms with E-state index in [0.717, 1.165) is 19.3 Å². The first-order chi connectivity index (χ1) is 9.35. The second-order valence-electron chi connectivity index (χ2n) is 7.69. The fourth-order valence-corrected chi connectivity index (χ4v) is 3.83. The highest BCUT2D eigenvalue weighted by Crippen LogP contribution is 2.39. The summed E-state index contributed by atoms with van der Waals surface area (Å²) in [6, 6.07) is 0. The molecule has 1 aliphatic heterocycles. The minimum atomic E-state index is -0.376. The molecule has 3 unspecified atom stereocenters. The van der Waals surface area contributed by atoms with Gasteiger partial charge in [-0.2, -0.15) is 0 Å². The molecular weight excluding hydrogens is 252 g/mol. The summed E-state index contributed by atoms with van der Waals surface area (Å²) in [6.45, 7) is 8.97. The van der Waals surface area contributed by atoms with Crippen LogP contribution in [-0.4, -0.2) is 35.1 Å². The SMILES string of the molecule is CCC1(C(O)CC2CCCC2)CC(OC(C)(C)C)CO1. The van der Waals surface area contributed by atoms with Crippen molar-refractivity contribution < 1.29 is 14.6 Å². The molecule has 20 heavy (non-hydrogen) atoms. The van der Waals surface area contributed by atoms with Crippen molar-refractivity contribution in [3.8, 4) is 0 Å². The molecule has 1 saturated carbocycles. The van der Waals surface area contributed by atoms with Gasteiger partial charge in [-0.1, -0.05) is 32.6 Å². The lowest BCUT2D eigenvalue weighted by Crippen LogP contribution is -2.43. The summed E-state index contributed by atoms with van der Waals surface area (Å²) in [4.78, 5) is 0. The number of hydrogen-bond acceptors (Lipinski definition) is 3. The van der Waals surface area contributed by atoms with E-state index in [2.05, 4.69) is 27.7 Å². The normalized spacial score (nSPS) is 33.8. The van der Waals surface area contributed by atoms with Gasteiger partial charge in [-0.25, -0.2) is 0 Å². The Labute approximate surface area is 124 Å². The lowest BCUT2D eigenvalue weighted by atomic mass is 9.84. The van der Waals surface area contributed by atoms with Crippen molar-refractivity contribution in [3.05, 3.63) is 0 Å². The quantitative estimate of drug-likeness (QED) is 0.837. The minimum Gasteiger partial charge on any atom is -0.390 e. The molecule has 2 fully saturated rings. The molecule has 0 bridgehead atoms. The molecule has 3 nitrogen and oxygen atoms in total. The summed E-state index contributed by atoms with van der Waals surface area (Å²) < 4.78 is 12.1. The van der Waals surface area contributed by atoms with Gasteiger partial charge in [0.05, 0.1) is 30.0 Å². The van der Waals surface area contributed by atoms with Gasteiger partial charge in [-0.15, -0.1) is 0 Å². The molecule has 1 heterocycles. The topological polar surface area (TPSA) is 38.7 Å². The first-order valence-electron chi connectivity index (χ1n) is 8.34. The van der Waals surface area contributed by atoms with Crippen LogP contribution in [0.25, 0.3) is 0 Å². The first-order valence-corrected chi connectivity index (χ1v) is 8.34. The molecule has 118 valence electrons. The van der Waals surface area contributed by atoms with E-state index in [1.807, 2.05) is 0 Å². The van der Waals surface area contributed by atoms with Gasteiger partial charge in [0.25, 0.3) is 0 Å². The van der Waals surface area contributed by atoms with Gasteiger partial charge >= 0.3 is 0 Å². The summed E-state index contributed by atoms with van der Waals surface area (Å²) in [5.74, 6) is 0.694. The molecule has 2 rings (SSSR count). The number of aliphatic hydroxyl groups is 1. The summed E-state index contributed by atoms with van der Waals surface area (Å²) in [6.07, 6.45) is 7.57. The Morgan fingerprint density at radius 1 is 1.30 bits per heavy atom. The van der Waals surface area contributed by atoms with Crippen LogP contribution in [0.3, 0.4) is 0 Å². The molecule has 3 heteroatoms. The van der Waals surface area contributed by atoms with Crippen LogP contribution in [-0.2, 0) is 9.47 Å². The van der Waals surface area contributed by atoms with Gasteiger partial charge < -0.3 is 14.6 Å². The highest BCUT2D eigenvalue weighted by Gasteiger charge is 2.46. The number of aliphatic hydroxyl groups excluding tert-OH is 1. The Morgan fingerprint density at radius 3 is 2.50 bits per heavy atom. The van der Waals surface area contributed by atoms with Crippen molar-refractivity contribution in [1.82, 2.24) is 0 Å². The van der Waals surface area contributed by atoms with E-state index >= 15 is 0 Å². The summed E-state index contributed by atoms with van der Waals surface area (Å²) in [5, 5.41) is 10.7. The van der Waals surface area contributed by atoms with Gasteiger partial charge in [0.15, 0.2) is 0 Å². The van der Waals surface area contributed by atoms with Crippen LogP contribution in [0.5, 0.6) is 0 Å². The maximum absolute atomic E-state index is 10.7. The summed E-state index contributed by atoms with van der Waals surface area (Å²) in [5.41, 5.74) is -0.521. The van der Waals surface area contributed by atoms with Crippen molar-refractivity contribution in [3.63, 3.8) is 0 Å². The third kappa shape index (κ3) is 3.96. The van der Waals surface area contributed by atoms with Crippen LogP contribution >= 0.6 is 0 Å². The molecule has 0 amide bonds. The molecule has 1 saturated heterocycles. The predicted octanol–water partition coefficient (Wildman–Crippen LogP) is 3.68. The Balaban J connectivity index is 1.92. The molecule has 1 N–H and O–H groups in total. The van der Waals surface area contributed by atoms with E-state index in [4.69, 9.17) is 9.47 Å². The van der Waals surface area contributed by atoms with Crippen LogP contribution < -0.4 is 0 Å². The van der Waals surface area contributed by atoms with Crippen molar-refractivity contribution in [2.45, 2.75) is 96.1 Å².